The molecule has 1 aliphatic rings. The van der Waals surface area contributed by atoms with E-state index in [0.717, 1.165) is 59.6 Å². The Morgan fingerprint density at radius 2 is 1.97 bits per heavy atom. The van der Waals surface area contributed by atoms with Crippen molar-refractivity contribution in [1.29, 1.82) is 0 Å². The Morgan fingerprint density at radius 1 is 1.06 bits per heavy atom. The van der Waals surface area contributed by atoms with Crippen molar-refractivity contribution in [2.45, 2.75) is 18.9 Å². The van der Waals surface area contributed by atoms with Gasteiger partial charge in [0, 0.05) is 29.9 Å². The van der Waals surface area contributed by atoms with Crippen molar-refractivity contribution < 1.29 is 9.50 Å². The van der Waals surface area contributed by atoms with E-state index >= 15 is 0 Å². The van der Waals surface area contributed by atoms with Gasteiger partial charge in [-0.2, -0.15) is 0 Å². The van der Waals surface area contributed by atoms with E-state index in [-0.39, 0.29) is 5.02 Å². The van der Waals surface area contributed by atoms with Gasteiger partial charge in [0.1, 0.15) is 5.82 Å². The molecule has 0 saturated carbocycles. The van der Waals surface area contributed by atoms with Crippen molar-refractivity contribution in [3.8, 4) is 16.9 Å². The molecule has 1 unspecified atom stereocenters. The minimum absolute atomic E-state index is 0.0292. The van der Waals surface area contributed by atoms with E-state index in [9.17, 15) is 9.50 Å². The summed E-state index contributed by atoms with van der Waals surface area (Å²) in [6.07, 6.45) is 5.83. The number of hydrogen-bond donors (Lipinski definition) is 4. The van der Waals surface area contributed by atoms with Crippen LogP contribution in [0.2, 0.25) is 5.02 Å². The standard InChI is InChI=1S/C25H23ClFN5O/c26-20-11-16(12-21(27)25(20)33)15-3-5-22-19(10-15)23(7-9-29-22)31-18-4-6-24(30-14-18)32-17-2-1-8-28-13-17/h3-7,9-12,14,17,28,33H,1-2,8,13H2,(H,29,31)(H,30,32). The van der Waals surface area contributed by atoms with Crippen LogP contribution in [0.3, 0.4) is 0 Å². The number of anilines is 3. The molecule has 3 heterocycles. The van der Waals surface area contributed by atoms with Crippen LogP contribution in [0.5, 0.6) is 5.75 Å². The van der Waals surface area contributed by atoms with Gasteiger partial charge >= 0.3 is 0 Å². The molecular formula is C25H23ClFN5O. The fourth-order valence-electron chi connectivity index (χ4n) is 4.06. The zero-order valence-corrected chi connectivity index (χ0v) is 18.5. The van der Waals surface area contributed by atoms with Gasteiger partial charge in [0.15, 0.2) is 11.6 Å². The largest absolute Gasteiger partial charge is 0.504 e. The molecule has 4 aromatic rings. The van der Waals surface area contributed by atoms with Crippen LogP contribution in [-0.4, -0.2) is 34.2 Å². The third-order valence-corrected chi connectivity index (χ3v) is 6.07. The van der Waals surface area contributed by atoms with Crippen LogP contribution in [0.15, 0.2) is 60.9 Å². The fraction of sp³-hybridized carbons (Fsp3) is 0.200. The number of benzene rings is 2. The number of nitrogens with one attached hydrogen (secondary N) is 3. The lowest BCUT2D eigenvalue weighted by Crippen LogP contribution is -2.38. The number of phenolic OH excluding ortho intramolecular Hbond substituents is 1. The topological polar surface area (TPSA) is 82.1 Å². The molecule has 0 amide bonds. The minimum Gasteiger partial charge on any atom is -0.504 e. The number of nitrogens with zero attached hydrogens (tertiary/aromatic N) is 2. The Morgan fingerprint density at radius 3 is 2.73 bits per heavy atom. The van der Waals surface area contributed by atoms with Gasteiger partial charge in [-0.25, -0.2) is 9.37 Å². The van der Waals surface area contributed by atoms with Crippen molar-refractivity contribution in [1.82, 2.24) is 15.3 Å². The molecule has 168 valence electrons. The van der Waals surface area contributed by atoms with E-state index in [1.807, 2.05) is 36.4 Å². The number of fused-ring (bicyclic) bond motifs is 1. The normalized spacial score (nSPS) is 16.0. The molecule has 0 radical (unpaired) electrons. The Balaban J connectivity index is 1.40. The Hall–Kier alpha value is -3.42. The molecule has 6 nitrogen and oxygen atoms in total. The van der Waals surface area contributed by atoms with Gasteiger partial charge in [0.2, 0.25) is 0 Å². The molecule has 1 atom stereocenters. The molecule has 1 saturated heterocycles. The third kappa shape index (κ3) is 4.69. The van der Waals surface area contributed by atoms with Crippen LogP contribution in [0.1, 0.15) is 12.8 Å². The first-order valence-electron chi connectivity index (χ1n) is 10.8. The number of aromatic hydroxyl groups is 1. The van der Waals surface area contributed by atoms with Gasteiger partial charge in [0.25, 0.3) is 0 Å². The summed E-state index contributed by atoms with van der Waals surface area (Å²) in [7, 11) is 0. The number of aromatic nitrogens is 2. The summed E-state index contributed by atoms with van der Waals surface area (Å²) in [6, 6.07) is 14.7. The second-order valence-corrected chi connectivity index (χ2v) is 8.53. The number of halogens is 2. The van der Waals surface area contributed by atoms with E-state index in [4.69, 9.17) is 11.6 Å². The van der Waals surface area contributed by atoms with Gasteiger partial charge in [-0.1, -0.05) is 17.7 Å². The van der Waals surface area contributed by atoms with E-state index in [1.54, 1.807) is 18.5 Å². The molecule has 1 aliphatic heterocycles. The Bertz CT molecular complexity index is 1270. The van der Waals surface area contributed by atoms with Gasteiger partial charge < -0.3 is 21.1 Å². The second kappa shape index (κ2) is 9.21. The van der Waals surface area contributed by atoms with E-state index in [0.29, 0.717) is 11.6 Å². The smallest absolute Gasteiger partial charge is 0.170 e. The first kappa shape index (κ1) is 21.4. The van der Waals surface area contributed by atoms with Gasteiger partial charge in [0.05, 0.1) is 22.4 Å². The molecule has 2 aromatic heterocycles. The first-order valence-corrected chi connectivity index (χ1v) is 11.2. The third-order valence-electron chi connectivity index (χ3n) is 5.78. The molecule has 2 aromatic carbocycles. The maximum Gasteiger partial charge on any atom is 0.170 e. The molecule has 33 heavy (non-hydrogen) atoms. The van der Waals surface area contributed by atoms with E-state index in [2.05, 4.69) is 25.9 Å². The number of pyridine rings is 2. The van der Waals surface area contributed by atoms with Crippen LogP contribution in [0, 0.1) is 5.82 Å². The number of phenols is 1. The molecule has 0 bridgehead atoms. The van der Waals surface area contributed by atoms with E-state index in [1.165, 1.54) is 6.07 Å². The Kier molecular flexibility index (Phi) is 5.98. The lowest BCUT2D eigenvalue weighted by Gasteiger charge is -2.24. The van der Waals surface area contributed by atoms with Crippen LogP contribution in [0.25, 0.3) is 22.0 Å². The summed E-state index contributed by atoms with van der Waals surface area (Å²) in [5.41, 5.74) is 3.83. The van der Waals surface area contributed by atoms with Crippen molar-refractivity contribution in [2.75, 3.05) is 23.7 Å². The molecular weight excluding hydrogens is 441 g/mol. The molecule has 8 heteroatoms. The molecule has 1 fully saturated rings. The van der Waals surface area contributed by atoms with Crippen LogP contribution in [-0.2, 0) is 0 Å². The van der Waals surface area contributed by atoms with Crippen molar-refractivity contribution in [2.24, 2.45) is 0 Å². The molecule has 4 N–H and O–H groups in total. The van der Waals surface area contributed by atoms with Crippen LogP contribution >= 0.6 is 11.6 Å². The molecule has 0 spiro atoms. The highest BCUT2D eigenvalue weighted by Crippen LogP contribution is 2.35. The highest BCUT2D eigenvalue weighted by atomic mass is 35.5. The monoisotopic (exact) mass is 463 g/mol. The first-order chi connectivity index (χ1) is 16.1. The minimum atomic E-state index is -0.758. The zero-order chi connectivity index (χ0) is 22.8. The summed E-state index contributed by atoms with van der Waals surface area (Å²) in [4.78, 5) is 8.98. The maximum absolute atomic E-state index is 14.0. The highest BCUT2D eigenvalue weighted by Gasteiger charge is 2.13. The van der Waals surface area contributed by atoms with Crippen LogP contribution < -0.4 is 16.0 Å². The summed E-state index contributed by atoms with van der Waals surface area (Å²) >= 11 is 5.97. The van der Waals surface area contributed by atoms with E-state index < -0.39 is 11.6 Å². The molecule has 5 rings (SSSR count). The lowest BCUT2D eigenvalue weighted by atomic mass is 10.0. The van der Waals surface area contributed by atoms with Crippen molar-refractivity contribution in [3.63, 3.8) is 0 Å². The summed E-state index contributed by atoms with van der Waals surface area (Å²) in [6.45, 7) is 2.02. The van der Waals surface area contributed by atoms with Crippen molar-refractivity contribution >= 4 is 39.7 Å². The van der Waals surface area contributed by atoms with Gasteiger partial charge in [-0.15, -0.1) is 0 Å². The number of rotatable bonds is 5. The summed E-state index contributed by atoms with van der Waals surface area (Å²) in [5, 5.41) is 20.7. The van der Waals surface area contributed by atoms with Crippen molar-refractivity contribution in [3.05, 3.63) is 71.8 Å². The zero-order valence-electron chi connectivity index (χ0n) is 17.8. The maximum atomic E-state index is 14.0. The number of piperidine rings is 1. The average molecular weight is 464 g/mol. The SMILES string of the molecule is Oc1c(F)cc(-c2ccc3nccc(Nc4ccc(NC5CCCNC5)nc4)c3c2)cc1Cl. The van der Waals surface area contributed by atoms with Gasteiger partial charge in [-0.3, -0.25) is 4.98 Å². The quantitative estimate of drug-likeness (QED) is 0.304. The molecule has 0 aliphatic carbocycles. The Labute approximate surface area is 195 Å². The average Bonchev–Trinajstić information content (AvgIpc) is 2.84. The van der Waals surface area contributed by atoms with Gasteiger partial charge in [-0.05, 0) is 73.0 Å². The predicted molar refractivity (Wildman–Crippen MR) is 131 cm³/mol. The number of hydrogen-bond acceptors (Lipinski definition) is 6. The summed E-state index contributed by atoms with van der Waals surface area (Å²) in [5.74, 6) is -0.455. The fourth-order valence-corrected chi connectivity index (χ4v) is 4.27. The second-order valence-electron chi connectivity index (χ2n) is 8.12. The summed E-state index contributed by atoms with van der Waals surface area (Å²) < 4.78 is 14.0. The van der Waals surface area contributed by atoms with Crippen LogP contribution in [0.4, 0.5) is 21.6 Å². The predicted octanol–water partition coefficient (Wildman–Crippen LogP) is 5.70. The highest BCUT2D eigenvalue weighted by molar-refractivity contribution is 6.32. The lowest BCUT2D eigenvalue weighted by molar-refractivity contribution is 0.433.